The summed E-state index contributed by atoms with van der Waals surface area (Å²) >= 11 is 0. The number of hydrogen-bond acceptors (Lipinski definition) is 8. The molecule has 0 amide bonds. The van der Waals surface area contributed by atoms with Gasteiger partial charge in [0.2, 0.25) is 0 Å². The monoisotopic (exact) mass is 363 g/mol. The molecule has 1 aliphatic rings. The number of hydrogen-bond donors (Lipinski definition) is 1. The van der Waals surface area contributed by atoms with Gasteiger partial charge in [-0.05, 0) is 13.0 Å². The maximum atomic E-state index is 11.9. The highest BCUT2D eigenvalue weighted by Crippen LogP contribution is 2.39. The lowest BCUT2D eigenvalue weighted by atomic mass is 10.1. The number of esters is 1. The van der Waals surface area contributed by atoms with Crippen molar-refractivity contribution in [3.63, 3.8) is 0 Å². The van der Waals surface area contributed by atoms with Gasteiger partial charge in [-0.25, -0.2) is 4.79 Å². The molecule has 1 aromatic heterocycles. The molecule has 0 radical (unpaired) electrons. The quantitative estimate of drug-likeness (QED) is 0.589. The lowest BCUT2D eigenvalue weighted by molar-refractivity contribution is -0.00594. The number of pyridine rings is 1. The summed E-state index contributed by atoms with van der Waals surface area (Å²) in [6.45, 7) is 3.60. The van der Waals surface area contributed by atoms with Gasteiger partial charge in [0.05, 0.1) is 31.9 Å². The highest BCUT2D eigenvalue weighted by atomic mass is 16.6. The second kappa shape index (κ2) is 8.20. The van der Waals surface area contributed by atoms with Crippen molar-refractivity contribution in [3.8, 4) is 17.2 Å². The molecule has 140 valence electrons. The van der Waals surface area contributed by atoms with Crippen molar-refractivity contribution < 1.29 is 33.6 Å². The van der Waals surface area contributed by atoms with E-state index in [0.29, 0.717) is 48.8 Å². The van der Waals surface area contributed by atoms with Crippen LogP contribution >= 0.6 is 0 Å². The number of ether oxygens (including phenoxy) is 5. The Labute approximate surface area is 150 Å². The van der Waals surface area contributed by atoms with E-state index in [1.165, 1.54) is 6.20 Å². The van der Waals surface area contributed by atoms with Gasteiger partial charge in [0.15, 0.2) is 17.6 Å². The van der Waals surface area contributed by atoms with Crippen LogP contribution in [0.15, 0.2) is 18.3 Å². The van der Waals surface area contributed by atoms with Gasteiger partial charge in [0, 0.05) is 24.8 Å². The molecule has 0 saturated carbocycles. The van der Waals surface area contributed by atoms with Crippen molar-refractivity contribution in [2.45, 2.75) is 13.0 Å². The fraction of sp³-hybridized carbons (Fsp3) is 0.444. The summed E-state index contributed by atoms with van der Waals surface area (Å²) in [7, 11) is 1.61. The molecule has 0 fully saturated rings. The minimum absolute atomic E-state index is 0.0143. The summed E-state index contributed by atoms with van der Waals surface area (Å²) in [5.41, 5.74) is 0.499. The van der Waals surface area contributed by atoms with Crippen LogP contribution in [0.5, 0.6) is 17.2 Å². The largest absolute Gasteiger partial charge is 0.506 e. The third-order valence-electron chi connectivity index (χ3n) is 3.85. The molecule has 1 aromatic carbocycles. The van der Waals surface area contributed by atoms with Crippen LogP contribution in [-0.4, -0.2) is 62.3 Å². The molecule has 1 aliphatic heterocycles. The van der Waals surface area contributed by atoms with Crippen LogP contribution in [0.2, 0.25) is 0 Å². The van der Waals surface area contributed by atoms with Crippen LogP contribution < -0.4 is 9.47 Å². The third-order valence-corrected chi connectivity index (χ3v) is 3.85. The van der Waals surface area contributed by atoms with Crippen molar-refractivity contribution in [2.75, 3.05) is 40.1 Å². The van der Waals surface area contributed by atoms with Gasteiger partial charge in [-0.2, -0.15) is 0 Å². The first-order chi connectivity index (χ1) is 12.6. The molecule has 0 spiro atoms. The van der Waals surface area contributed by atoms with E-state index in [1.807, 2.05) is 0 Å². The van der Waals surface area contributed by atoms with E-state index in [2.05, 4.69) is 4.98 Å². The minimum Gasteiger partial charge on any atom is -0.506 e. The molecule has 1 atom stereocenters. The van der Waals surface area contributed by atoms with Gasteiger partial charge < -0.3 is 28.8 Å². The Balaban J connectivity index is 1.80. The molecule has 0 bridgehead atoms. The Morgan fingerprint density at radius 3 is 2.96 bits per heavy atom. The molecule has 0 aliphatic carbocycles. The Bertz CT molecular complexity index is 793. The average Bonchev–Trinajstić information content (AvgIpc) is 2.64. The Morgan fingerprint density at radius 2 is 2.19 bits per heavy atom. The van der Waals surface area contributed by atoms with Crippen LogP contribution in [0.4, 0.5) is 0 Å². The predicted octanol–water partition coefficient (Wildman–Crippen LogP) is 1.92. The number of methoxy groups -OCH3 is 1. The number of aromatic nitrogens is 1. The summed E-state index contributed by atoms with van der Waals surface area (Å²) in [4.78, 5) is 16.1. The SMILES string of the molecule is CCOC(=O)c1cnc2cc3c(cc2c1O)OCC(COCCOC)O3. The second-order valence-electron chi connectivity index (χ2n) is 5.68. The van der Waals surface area contributed by atoms with Gasteiger partial charge in [-0.3, -0.25) is 4.98 Å². The molecule has 3 rings (SSSR count). The standard InChI is InChI=1S/C18H21NO7/c1-3-24-18(21)13-8-19-14-7-16-15(6-12(14)17(13)20)25-10-11(26-16)9-23-5-4-22-2/h6-8,11H,3-5,9-10H2,1-2H3,(H,19,20). The predicted molar refractivity (Wildman–Crippen MR) is 92.0 cm³/mol. The van der Waals surface area contributed by atoms with E-state index < -0.39 is 5.97 Å². The van der Waals surface area contributed by atoms with Crippen LogP contribution in [0.3, 0.4) is 0 Å². The fourth-order valence-corrected chi connectivity index (χ4v) is 2.58. The van der Waals surface area contributed by atoms with Crippen molar-refractivity contribution >= 4 is 16.9 Å². The van der Waals surface area contributed by atoms with Gasteiger partial charge in [-0.15, -0.1) is 0 Å². The lowest BCUT2D eigenvalue weighted by Gasteiger charge is -2.26. The van der Waals surface area contributed by atoms with E-state index in [4.69, 9.17) is 23.7 Å². The van der Waals surface area contributed by atoms with Gasteiger partial charge in [0.25, 0.3) is 0 Å². The zero-order chi connectivity index (χ0) is 18.5. The molecule has 8 nitrogen and oxygen atoms in total. The maximum absolute atomic E-state index is 11.9. The molecular weight excluding hydrogens is 342 g/mol. The van der Waals surface area contributed by atoms with Crippen LogP contribution in [0.1, 0.15) is 17.3 Å². The van der Waals surface area contributed by atoms with E-state index in [-0.39, 0.29) is 24.0 Å². The van der Waals surface area contributed by atoms with E-state index in [0.717, 1.165) is 0 Å². The third kappa shape index (κ3) is 3.81. The van der Waals surface area contributed by atoms with Gasteiger partial charge in [0.1, 0.15) is 17.9 Å². The Kier molecular flexibility index (Phi) is 5.75. The van der Waals surface area contributed by atoms with Crippen molar-refractivity contribution in [2.24, 2.45) is 0 Å². The molecule has 0 saturated heterocycles. The number of carbonyl (C=O) groups excluding carboxylic acids is 1. The summed E-state index contributed by atoms with van der Waals surface area (Å²) in [6, 6.07) is 3.28. The molecule has 8 heteroatoms. The Morgan fingerprint density at radius 1 is 1.35 bits per heavy atom. The summed E-state index contributed by atoms with van der Waals surface area (Å²) in [5.74, 6) is 0.177. The van der Waals surface area contributed by atoms with Gasteiger partial charge >= 0.3 is 5.97 Å². The number of aromatic hydroxyl groups is 1. The topological polar surface area (TPSA) is 96.3 Å². The van der Waals surface area contributed by atoms with Crippen LogP contribution in [0, 0.1) is 0 Å². The number of fused-ring (bicyclic) bond motifs is 2. The molecule has 26 heavy (non-hydrogen) atoms. The van der Waals surface area contributed by atoms with Crippen molar-refractivity contribution in [3.05, 3.63) is 23.9 Å². The molecule has 1 N–H and O–H groups in total. The highest BCUT2D eigenvalue weighted by Gasteiger charge is 2.24. The molecule has 2 heterocycles. The number of rotatable bonds is 7. The normalized spacial score (nSPS) is 15.8. The molecular formula is C18H21NO7. The first-order valence-corrected chi connectivity index (χ1v) is 8.33. The van der Waals surface area contributed by atoms with E-state index in [9.17, 15) is 9.90 Å². The summed E-state index contributed by atoms with van der Waals surface area (Å²) < 4.78 is 26.9. The molecule has 1 unspecified atom stereocenters. The zero-order valence-electron chi connectivity index (χ0n) is 14.7. The number of benzene rings is 1. The van der Waals surface area contributed by atoms with E-state index in [1.54, 1.807) is 26.2 Å². The van der Waals surface area contributed by atoms with Crippen LogP contribution in [0.25, 0.3) is 10.9 Å². The van der Waals surface area contributed by atoms with Gasteiger partial charge in [-0.1, -0.05) is 0 Å². The molecule has 2 aromatic rings. The smallest absolute Gasteiger partial charge is 0.343 e. The number of nitrogens with zero attached hydrogens (tertiary/aromatic N) is 1. The summed E-state index contributed by atoms with van der Waals surface area (Å²) in [5, 5.41) is 10.8. The first kappa shape index (κ1) is 18.2. The van der Waals surface area contributed by atoms with Crippen molar-refractivity contribution in [1.82, 2.24) is 4.98 Å². The zero-order valence-corrected chi connectivity index (χ0v) is 14.7. The fourth-order valence-electron chi connectivity index (χ4n) is 2.58. The minimum atomic E-state index is -0.623. The van der Waals surface area contributed by atoms with Crippen LogP contribution in [-0.2, 0) is 14.2 Å². The van der Waals surface area contributed by atoms with Crippen molar-refractivity contribution in [1.29, 1.82) is 0 Å². The van der Waals surface area contributed by atoms with E-state index >= 15 is 0 Å². The second-order valence-corrected chi connectivity index (χ2v) is 5.68. The average molecular weight is 363 g/mol. The first-order valence-electron chi connectivity index (χ1n) is 8.33. The number of carbonyl (C=O) groups is 1. The highest BCUT2D eigenvalue weighted by molar-refractivity contribution is 6.00. The Hall–Kier alpha value is -2.58. The summed E-state index contributed by atoms with van der Waals surface area (Å²) in [6.07, 6.45) is 1.04. The lowest BCUT2D eigenvalue weighted by Crippen LogP contribution is -2.33. The maximum Gasteiger partial charge on any atom is 0.343 e.